The Morgan fingerprint density at radius 2 is 2.08 bits per heavy atom. The minimum absolute atomic E-state index is 0.0411. The Labute approximate surface area is 169 Å². The zero-order chi connectivity index (χ0) is 17.7. The zero-order valence-corrected chi connectivity index (χ0v) is 17.6. The molecule has 2 aromatic heterocycles. The first-order chi connectivity index (χ1) is 12.7. The van der Waals surface area contributed by atoms with Crippen molar-refractivity contribution in [3.05, 3.63) is 46.7 Å². The highest BCUT2D eigenvalue weighted by Crippen LogP contribution is 2.53. The number of hydrogen-bond acceptors (Lipinski definition) is 5. The highest BCUT2D eigenvalue weighted by Gasteiger charge is 2.39. The van der Waals surface area contributed by atoms with Crippen molar-refractivity contribution in [3.63, 3.8) is 0 Å². The molecule has 1 saturated heterocycles. The summed E-state index contributed by atoms with van der Waals surface area (Å²) in [5.74, 6) is 3.31. The summed E-state index contributed by atoms with van der Waals surface area (Å²) in [4.78, 5) is 9.46. The van der Waals surface area contributed by atoms with Gasteiger partial charge in [0, 0.05) is 10.0 Å². The summed E-state index contributed by atoms with van der Waals surface area (Å²) < 4.78 is 5.31. The fraction of sp³-hybridized carbons (Fsp3) is 0.389. The van der Waals surface area contributed by atoms with Crippen molar-refractivity contribution in [2.45, 2.75) is 30.4 Å². The Morgan fingerprint density at radius 1 is 1.23 bits per heavy atom. The van der Waals surface area contributed by atoms with Crippen LogP contribution >= 0.6 is 39.5 Å². The first-order valence-corrected chi connectivity index (χ1v) is 11.5. The molecule has 0 radical (unpaired) electrons. The maximum atomic E-state index is 4.93. The monoisotopic (exact) mass is 447 g/mol. The van der Waals surface area contributed by atoms with Gasteiger partial charge in [-0.05, 0) is 42.5 Å². The Morgan fingerprint density at radius 3 is 2.88 bits per heavy atom. The van der Waals surface area contributed by atoms with Crippen LogP contribution in [0, 0.1) is 0 Å². The van der Waals surface area contributed by atoms with Gasteiger partial charge in [-0.1, -0.05) is 22.9 Å². The maximum Gasteiger partial charge on any atom is 0.160 e. The average molecular weight is 448 g/mol. The predicted molar refractivity (Wildman–Crippen MR) is 111 cm³/mol. The van der Waals surface area contributed by atoms with Gasteiger partial charge in [0.1, 0.15) is 10.4 Å². The standard InChI is InChI=1S/C18H18BrN5S2/c1-2-18(25-6-3-7-26-18)16-15-9-24-17(20-10-22-24)13-8-12(19)4-5-14(13)23(15)11-21-16/h4-5,8,10-11H,2-3,6-7,9H2,1H3. The van der Waals surface area contributed by atoms with Crippen LogP contribution in [-0.4, -0.2) is 35.8 Å². The number of benzene rings is 1. The van der Waals surface area contributed by atoms with E-state index in [0.29, 0.717) is 6.54 Å². The summed E-state index contributed by atoms with van der Waals surface area (Å²) in [6.07, 6.45) is 5.98. The summed E-state index contributed by atoms with van der Waals surface area (Å²) in [5.41, 5.74) is 4.62. The molecule has 5 nitrogen and oxygen atoms in total. The van der Waals surface area contributed by atoms with E-state index in [1.54, 1.807) is 6.33 Å². The molecule has 0 unspecified atom stereocenters. The van der Waals surface area contributed by atoms with Crippen molar-refractivity contribution in [1.29, 1.82) is 0 Å². The van der Waals surface area contributed by atoms with E-state index in [1.165, 1.54) is 29.3 Å². The molecule has 26 heavy (non-hydrogen) atoms. The van der Waals surface area contributed by atoms with Crippen molar-refractivity contribution in [1.82, 2.24) is 24.3 Å². The Hall–Kier alpha value is -1.25. The van der Waals surface area contributed by atoms with Gasteiger partial charge in [0.15, 0.2) is 5.82 Å². The van der Waals surface area contributed by atoms with Crippen LogP contribution in [0.15, 0.2) is 35.3 Å². The van der Waals surface area contributed by atoms with Crippen molar-refractivity contribution in [3.8, 4) is 17.1 Å². The second-order valence-corrected chi connectivity index (χ2v) is 10.4. The van der Waals surface area contributed by atoms with Crippen LogP contribution in [0.25, 0.3) is 17.1 Å². The lowest BCUT2D eigenvalue weighted by atomic mass is 10.1. The number of imidazole rings is 1. The lowest BCUT2D eigenvalue weighted by Gasteiger charge is -2.34. The second kappa shape index (κ2) is 6.42. The van der Waals surface area contributed by atoms with Crippen LogP contribution in [-0.2, 0) is 10.6 Å². The maximum absolute atomic E-state index is 4.93. The molecule has 0 amide bonds. The summed E-state index contributed by atoms with van der Waals surface area (Å²) in [5, 5.41) is 4.49. The fourth-order valence-corrected chi connectivity index (χ4v) is 7.40. The third kappa shape index (κ3) is 2.49. The number of aromatic nitrogens is 5. The van der Waals surface area contributed by atoms with Crippen molar-refractivity contribution < 1.29 is 0 Å². The third-order valence-electron chi connectivity index (χ3n) is 5.03. The number of hydrogen-bond donors (Lipinski definition) is 0. The SMILES string of the molecule is CCC1(c2ncn3c2Cn2ncnc2-c2cc(Br)ccc2-3)SCCCS1. The molecule has 8 heteroatoms. The number of rotatable bonds is 2. The highest BCUT2D eigenvalue weighted by atomic mass is 79.9. The zero-order valence-electron chi connectivity index (χ0n) is 14.4. The van der Waals surface area contributed by atoms with E-state index >= 15 is 0 Å². The van der Waals surface area contributed by atoms with Crippen molar-refractivity contribution in [2.24, 2.45) is 0 Å². The molecule has 0 N–H and O–H groups in total. The second-order valence-electron chi connectivity index (χ2n) is 6.47. The van der Waals surface area contributed by atoms with E-state index < -0.39 is 0 Å². The molecular formula is C18H18BrN5S2. The van der Waals surface area contributed by atoms with Gasteiger partial charge < -0.3 is 4.57 Å². The molecule has 1 aromatic carbocycles. The lowest BCUT2D eigenvalue weighted by molar-refractivity contribution is 0.661. The summed E-state index contributed by atoms with van der Waals surface area (Å²) in [6, 6.07) is 6.33. The lowest BCUT2D eigenvalue weighted by Crippen LogP contribution is -2.25. The fourth-order valence-electron chi connectivity index (χ4n) is 3.76. The highest BCUT2D eigenvalue weighted by molar-refractivity contribution is 9.10. The Kier molecular flexibility index (Phi) is 4.17. The average Bonchev–Trinajstić information content (AvgIpc) is 3.28. The van der Waals surface area contributed by atoms with Gasteiger partial charge in [-0.25, -0.2) is 14.6 Å². The molecule has 4 heterocycles. The first-order valence-electron chi connectivity index (χ1n) is 8.74. The van der Waals surface area contributed by atoms with E-state index in [-0.39, 0.29) is 4.08 Å². The van der Waals surface area contributed by atoms with E-state index in [9.17, 15) is 0 Å². The number of halogens is 1. The van der Waals surface area contributed by atoms with Crippen molar-refractivity contribution in [2.75, 3.05) is 11.5 Å². The van der Waals surface area contributed by atoms with E-state index in [1.807, 2.05) is 34.5 Å². The molecule has 3 aromatic rings. The molecular weight excluding hydrogens is 430 g/mol. The minimum Gasteiger partial charge on any atom is -0.300 e. The smallest absolute Gasteiger partial charge is 0.160 e. The van der Waals surface area contributed by atoms with E-state index in [0.717, 1.165) is 28.0 Å². The van der Waals surface area contributed by atoms with Crippen LogP contribution in [0.5, 0.6) is 0 Å². The van der Waals surface area contributed by atoms with Gasteiger partial charge in [-0.2, -0.15) is 5.10 Å². The first kappa shape index (κ1) is 16.9. The predicted octanol–water partition coefficient (Wildman–Crippen LogP) is 4.69. The van der Waals surface area contributed by atoms with Gasteiger partial charge in [-0.15, -0.1) is 23.5 Å². The van der Waals surface area contributed by atoms with Crippen molar-refractivity contribution >= 4 is 39.5 Å². The minimum atomic E-state index is 0.0411. The van der Waals surface area contributed by atoms with Gasteiger partial charge in [-0.3, -0.25) is 0 Å². The summed E-state index contributed by atoms with van der Waals surface area (Å²) >= 11 is 7.69. The Balaban J connectivity index is 1.75. The van der Waals surface area contributed by atoms with Gasteiger partial charge in [0.25, 0.3) is 0 Å². The number of thioether (sulfide) groups is 2. The summed E-state index contributed by atoms with van der Waals surface area (Å²) in [7, 11) is 0. The van der Waals surface area contributed by atoms with Crippen LogP contribution in [0.1, 0.15) is 31.2 Å². The third-order valence-corrected chi connectivity index (χ3v) is 9.11. The normalized spacial score (nSPS) is 17.9. The number of fused-ring (bicyclic) bond motifs is 5. The van der Waals surface area contributed by atoms with Crippen LogP contribution in [0.3, 0.4) is 0 Å². The molecule has 2 aliphatic heterocycles. The van der Waals surface area contributed by atoms with E-state index in [2.05, 4.69) is 55.7 Å². The quantitative estimate of drug-likeness (QED) is 0.446. The Bertz CT molecular complexity index is 974. The molecule has 0 bridgehead atoms. The van der Waals surface area contributed by atoms with Gasteiger partial charge in [0.2, 0.25) is 0 Å². The molecule has 0 aliphatic carbocycles. The largest absolute Gasteiger partial charge is 0.300 e. The number of nitrogens with zero attached hydrogens (tertiary/aromatic N) is 5. The molecule has 0 saturated carbocycles. The van der Waals surface area contributed by atoms with Gasteiger partial charge >= 0.3 is 0 Å². The summed E-state index contributed by atoms with van der Waals surface area (Å²) in [6.45, 7) is 2.97. The molecule has 0 spiro atoms. The molecule has 134 valence electrons. The topological polar surface area (TPSA) is 48.5 Å². The van der Waals surface area contributed by atoms with Crippen LogP contribution < -0.4 is 0 Å². The van der Waals surface area contributed by atoms with Gasteiger partial charge in [0.05, 0.1) is 29.9 Å². The molecule has 5 rings (SSSR count). The van der Waals surface area contributed by atoms with Crippen LogP contribution in [0.4, 0.5) is 0 Å². The van der Waals surface area contributed by atoms with E-state index in [4.69, 9.17) is 4.98 Å². The molecule has 0 atom stereocenters. The molecule has 2 aliphatic rings. The van der Waals surface area contributed by atoms with Crippen LogP contribution in [0.2, 0.25) is 0 Å². The molecule has 1 fully saturated rings.